The lowest BCUT2D eigenvalue weighted by molar-refractivity contribution is -0.384. The van der Waals surface area contributed by atoms with Crippen LogP contribution < -0.4 is 10.1 Å². The van der Waals surface area contributed by atoms with Crippen LogP contribution in [0.3, 0.4) is 0 Å². The van der Waals surface area contributed by atoms with E-state index in [9.17, 15) is 19.7 Å². The van der Waals surface area contributed by atoms with Gasteiger partial charge in [0.05, 0.1) is 12.0 Å². The molecule has 0 spiro atoms. The first-order valence-electron chi connectivity index (χ1n) is 12.2. The smallest absolute Gasteiger partial charge is 0.410 e. The number of benzene rings is 2. The minimum atomic E-state index is -0.594. The average Bonchev–Trinajstić information content (AvgIpc) is 3.61. The summed E-state index contributed by atoms with van der Waals surface area (Å²) in [5, 5.41) is 14.2. The van der Waals surface area contributed by atoms with Gasteiger partial charge in [-0.15, -0.1) is 0 Å². The molecule has 2 aliphatic rings. The summed E-state index contributed by atoms with van der Waals surface area (Å²) in [5.41, 5.74) is 1.75. The molecule has 2 aromatic rings. The Bertz CT molecular complexity index is 1090. The highest BCUT2D eigenvalue weighted by molar-refractivity contribution is 7.99. The van der Waals surface area contributed by atoms with Gasteiger partial charge in [-0.3, -0.25) is 19.8 Å². The van der Waals surface area contributed by atoms with Crippen molar-refractivity contribution in [2.24, 2.45) is 0 Å². The summed E-state index contributed by atoms with van der Waals surface area (Å²) in [6.45, 7) is 2.00. The largest absolute Gasteiger partial charge is 0.497 e. The fraction of sp³-hybridized carbons (Fsp3) is 0.462. The molecule has 0 unspecified atom stereocenters. The minimum Gasteiger partial charge on any atom is -0.497 e. The number of non-ortho nitro benzene ring substituents is 1. The van der Waals surface area contributed by atoms with Crippen LogP contribution in [0.25, 0.3) is 0 Å². The Morgan fingerprint density at radius 3 is 2.49 bits per heavy atom. The number of nitrogens with one attached hydrogen (secondary N) is 1. The van der Waals surface area contributed by atoms with Crippen molar-refractivity contribution in [3.63, 3.8) is 0 Å². The van der Waals surface area contributed by atoms with Crippen LogP contribution in [0.5, 0.6) is 5.75 Å². The lowest BCUT2D eigenvalue weighted by Gasteiger charge is -2.30. The second kappa shape index (κ2) is 12.3. The zero-order valence-corrected chi connectivity index (χ0v) is 21.8. The van der Waals surface area contributed by atoms with Crippen molar-refractivity contribution < 1.29 is 24.0 Å². The quantitative estimate of drug-likeness (QED) is 0.389. The molecule has 10 nitrogen and oxygen atoms in total. The number of carbonyl (C=O) groups is 2. The first kappa shape index (κ1) is 26.7. The SMILES string of the molecule is COc1ccc(CS[C@H]2C[C@@H](C(=O)N(C)[C@H]3CCNC3)N(C(=O)OCc3ccc([N+](=O)[O-])cc3)C2)cc1. The maximum Gasteiger partial charge on any atom is 0.410 e. The molecule has 3 atom stereocenters. The number of ether oxygens (including phenoxy) is 2. The van der Waals surface area contributed by atoms with Crippen molar-refractivity contribution in [1.82, 2.24) is 15.1 Å². The summed E-state index contributed by atoms with van der Waals surface area (Å²) >= 11 is 1.72. The van der Waals surface area contributed by atoms with Gasteiger partial charge in [-0.2, -0.15) is 11.8 Å². The summed E-state index contributed by atoms with van der Waals surface area (Å²) in [6.07, 6.45) is 0.883. The molecule has 2 aromatic carbocycles. The number of hydrogen-bond donors (Lipinski definition) is 1. The highest BCUT2D eigenvalue weighted by Gasteiger charge is 2.43. The van der Waals surface area contributed by atoms with E-state index in [1.807, 2.05) is 24.3 Å². The molecule has 2 amide bonds. The molecule has 2 fully saturated rings. The van der Waals surface area contributed by atoms with Gasteiger partial charge in [0.25, 0.3) is 5.69 Å². The predicted octanol–water partition coefficient (Wildman–Crippen LogP) is 3.44. The van der Waals surface area contributed by atoms with Crippen LogP contribution in [0, 0.1) is 10.1 Å². The van der Waals surface area contributed by atoms with E-state index in [1.54, 1.807) is 43.0 Å². The third kappa shape index (κ3) is 6.72. The van der Waals surface area contributed by atoms with Gasteiger partial charge in [0, 0.05) is 49.3 Å². The van der Waals surface area contributed by atoms with Gasteiger partial charge < -0.3 is 19.7 Å². The van der Waals surface area contributed by atoms with Crippen LogP contribution in [0.1, 0.15) is 24.0 Å². The van der Waals surface area contributed by atoms with Crippen molar-refractivity contribution in [3.05, 3.63) is 69.8 Å². The van der Waals surface area contributed by atoms with E-state index in [0.717, 1.165) is 36.6 Å². The number of hydrogen-bond acceptors (Lipinski definition) is 8. The van der Waals surface area contributed by atoms with Crippen molar-refractivity contribution in [2.75, 3.05) is 33.8 Å². The summed E-state index contributed by atoms with van der Waals surface area (Å²) in [4.78, 5) is 40.3. The Morgan fingerprint density at radius 2 is 1.86 bits per heavy atom. The van der Waals surface area contributed by atoms with Crippen LogP contribution >= 0.6 is 11.8 Å². The third-order valence-corrected chi connectivity index (χ3v) is 8.18. The van der Waals surface area contributed by atoms with Gasteiger partial charge in [-0.25, -0.2) is 4.79 Å². The summed E-state index contributed by atoms with van der Waals surface area (Å²) < 4.78 is 10.8. The van der Waals surface area contributed by atoms with Gasteiger partial charge in [0.15, 0.2) is 0 Å². The van der Waals surface area contributed by atoms with E-state index >= 15 is 0 Å². The monoisotopic (exact) mass is 528 g/mol. The van der Waals surface area contributed by atoms with Crippen LogP contribution in [-0.2, 0) is 21.9 Å². The number of nitro benzene ring substituents is 1. The second-order valence-electron chi connectivity index (χ2n) is 9.26. The van der Waals surface area contributed by atoms with E-state index in [2.05, 4.69) is 5.32 Å². The molecule has 0 aromatic heterocycles. The second-order valence-corrected chi connectivity index (χ2v) is 10.5. The van der Waals surface area contributed by atoms with Crippen molar-refractivity contribution in [1.29, 1.82) is 0 Å². The van der Waals surface area contributed by atoms with Crippen molar-refractivity contribution >= 4 is 29.4 Å². The molecule has 0 aliphatic carbocycles. The number of likely N-dealkylation sites (tertiary alicyclic amines) is 1. The zero-order chi connectivity index (χ0) is 26.4. The Labute approximate surface area is 220 Å². The minimum absolute atomic E-state index is 0.0264. The fourth-order valence-electron chi connectivity index (χ4n) is 4.62. The number of nitrogens with zero attached hydrogens (tertiary/aromatic N) is 3. The fourth-order valence-corrected chi connectivity index (χ4v) is 5.82. The summed E-state index contributed by atoms with van der Waals surface area (Å²) in [7, 11) is 3.44. The first-order valence-corrected chi connectivity index (χ1v) is 13.3. The highest BCUT2D eigenvalue weighted by Crippen LogP contribution is 2.32. The van der Waals surface area contributed by atoms with Gasteiger partial charge in [0.1, 0.15) is 18.4 Å². The number of likely N-dealkylation sites (N-methyl/N-ethyl adjacent to an activating group) is 1. The van der Waals surface area contributed by atoms with E-state index in [-0.39, 0.29) is 29.5 Å². The molecular formula is C26H32N4O6S. The lowest BCUT2D eigenvalue weighted by Crippen LogP contribution is -2.50. The molecule has 1 N–H and O–H groups in total. The molecule has 2 saturated heterocycles. The standard InChI is InChI=1S/C26H32N4O6S/c1-28(21-11-12-27-14-21)25(31)24-13-23(37-17-19-5-9-22(35-2)10-6-19)15-29(24)26(32)36-16-18-3-7-20(8-4-18)30(33)34/h3-10,21,23-24,27H,11-17H2,1-2H3/t21-,23-,24-/m0/s1. The maximum absolute atomic E-state index is 13.5. The van der Waals surface area contributed by atoms with Crippen LogP contribution in [-0.4, -0.2) is 77.8 Å². The molecular weight excluding hydrogens is 496 g/mol. The van der Waals surface area contributed by atoms with E-state index in [4.69, 9.17) is 9.47 Å². The number of nitro groups is 1. The van der Waals surface area contributed by atoms with E-state index in [1.165, 1.54) is 17.0 Å². The molecule has 0 saturated carbocycles. The van der Waals surface area contributed by atoms with E-state index in [0.29, 0.717) is 18.5 Å². The molecule has 37 heavy (non-hydrogen) atoms. The molecule has 4 rings (SSSR count). The lowest BCUT2D eigenvalue weighted by atomic mass is 10.1. The number of amides is 2. The van der Waals surface area contributed by atoms with Crippen LogP contribution in [0.2, 0.25) is 0 Å². The number of carbonyl (C=O) groups excluding carboxylic acids is 2. The van der Waals surface area contributed by atoms with Gasteiger partial charge in [-0.05, 0) is 54.8 Å². The molecule has 198 valence electrons. The van der Waals surface area contributed by atoms with Gasteiger partial charge in [0.2, 0.25) is 5.91 Å². The van der Waals surface area contributed by atoms with E-state index < -0.39 is 17.1 Å². The maximum atomic E-state index is 13.5. The normalized spacial score (nSPS) is 21.0. The van der Waals surface area contributed by atoms with Crippen LogP contribution in [0.4, 0.5) is 10.5 Å². The summed E-state index contributed by atoms with van der Waals surface area (Å²) in [6, 6.07) is 13.3. The Balaban J connectivity index is 1.41. The number of thioether (sulfide) groups is 1. The Morgan fingerprint density at radius 1 is 1.16 bits per heavy atom. The third-order valence-electron chi connectivity index (χ3n) is 6.87. The topological polar surface area (TPSA) is 114 Å². The first-order chi connectivity index (χ1) is 17.9. The number of methoxy groups -OCH3 is 1. The number of rotatable bonds is 9. The zero-order valence-electron chi connectivity index (χ0n) is 21.0. The molecule has 2 aliphatic heterocycles. The Hall–Kier alpha value is -3.31. The highest BCUT2D eigenvalue weighted by atomic mass is 32.2. The molecule has 0 bridgehead atoms. The van der Waals surface area contributed by atoms with Gasteiger partial charge in [-0.1, -0.05) is 12.1 Å². The average molecular weight is 529 g/mol. The Kier molecular flexibility index (Phi) is 8.88. The van der Waals surface area contributed by atoms with Crippen molar-refractivity contribution in [2.45, 2.75) is 42.5 Å². The van der Waals surface area contributed by atoms with Crippen LogP contribution in [0.15, 0.2) is 48.5 Å². The molecule has 2 heterocycles. The molecule has 0 radical (unpaired) electrons. The predicted molar refractivity (Wildman–Crippen MR) is 141 cm³/mol. The van der Waals surface area contributed by atoms with Gasteiger partial charge >= 0.3 is 6.09 Å². The van der Waals surface area contributed by atoms with Crippen molar-refractivity contribution in [3.8, 4) is 5.75 Å². The summed E-state index contributed by atoms with van der Waals surface area (Å²) in [5.74, 6) is 1.48. The molecule has 11 heteroatoms.